The third kappa shape index (κ3) is 2.33. The first-order chi connectivity index (χ1) is 8.72. The van der Waals surface area contributed by atoms with Gasteiger partial charge in [0.15, 0.2) is 0 Å². The van der Waals surface area contributed by atoms with Crippen LogP contribution in [0.5, 0.6) is 0 Å². The molecular formula is C13H14BrN3O. The summed E-state index contributed by atoms with van der Waals surface area (Å²) in [7, 11) is 0. The first kappa shape index (κ1) is 11.9. The van der Waals surface area contributed by atoms with Crippen molar-refractivity contribution in [3.63, 3.8) is 0 Å². The van der Waals surface area contributed by atoms with Crippen LogP contribution in [0.1, 0.15) is 31.1 Å². The van der Waals surface area contributed by atoms with Crippen molar-refractivity contribution in [3.05, 3.63) is 34.6 Å². The average Bonchev–Trinajstić information content (AvgIpc) is 2.98. The number of hydrogen-bond donors (Lipinski definition) is 1. The number of halogens is 1. The Labute approximate surface area is 114 Å². The van der Waals surface area contributed by atoms with E-state index in [2.05, 4.69) is 26.1 Å². The minimum absolute atomic E-state index is 0.276. The highest BCUT2D eigenvalue weighted by Crippen LogP contribution is 2.33. The second-order valence-corrected chi connectivity index (χ2v) is 5.65. The van der Waals surface area contributed by atoms with E-state index >= 15 is 0 Å². The van der Waals surface area contributed by atoms with Crippen LogP contribution in [-0.2, 0) is 0 Å². The van der Waals surface area contributed by atoms with Gasteiger partial charge in [-0.2, -0.15) is 4.98 Å². The Hall–Kier alpha value is -1.20. The Kier molecular flexibility index (Phi) is 3.18. The summed E-state index contributed by atoms with van der Waals surface area (Å²) >= 11 is 3.41. The summed E-state index contributed by atoms with van der Waals surface area (Å²) < 4.78 is 6.39. The summed E-state index contributed by atoms with van der Waals surface area (Å²) in [5.41, 5.74) is 6.87. The van der Waals surface area contributed by atoms with Crippen LogP contribution in [0.2, 0.25) is 0 Å². The van der Waals surface area contributed by atoms with Crippen LogP contribution in [0.4, 0.5) is 0 Å². The van der Waals surface area contributed by atoms with Crippen LogP contribution < -0.4 is 5.73 Å². The molecule has 94 valence electrons. The summed E-state index contributed by atoms with van der Waals surface area (Å²) in [4.78, 5) is 4.48. The minimum Gasteiger partial charge on any atom is -0.339 e. The highest BCUT2D eigenvalue weighted by molar-refractivity contribution is 9.10. The highest BCUT2D eigenvalue weighted by Gasteiger charge is 2.27. The van der Waals surface area contributed by atoms with E-state index in [1.165, 1.54) is 0 Å². The maximum Gasteiger partial charge on any atom is 0.230 e. The maximum atomic E-state index is 5.90. The van der Waals surface area contributed by atoms with Gasteiger partial charge in [-0.3, -0.25) is 0 Å². The fourth-order valence-electron chi connectivity index (χ4n) is 2.36. The summed E-state index contributed by atoms with van der Waals surface area (Å²) in [6, 6.07) is 8.16. The Bertz CT molecular complexity index is 537. The lowest BCUT2D eigenvalue weighted by molar-refractivity contribution is 0.353. The van der Waals surface area contributed by atoms with E-state index < -0.39 is 0 Å². The topological polar surface area (TPSA) is 64.9 Å². The van der Waals surface area contributed by atoms with E-state index in [0.717, 1.165) is 35.2 Å². The SMILES string of the molecule is N[C@H]1CC[C@@H](c2nc(-c3ccc(Br)cc3)no2)C1. The van der Waals surface area contributed by atoms with E-state index in [1.54, 1.807) is 0 Å². The summed E-state index contributed by atoms with van der Waals surface area (Å²) in [5.74, 6) is 1.70. The number of hydrogen-bond acceptors (Lipinski definition) is 4. The number of aromatic nitrogens is 2. The van der Waals surface area contributed by atoms with Crippen molar-refractivity contribution >= 4 is 15.9 Å². The van der Waals surface area contributed by atoms with Crippen LogP contribution in [0.25, 0.3) is 11.4 Å². The smallest absolute Gasteiger partial charge is 0.230 e. The van der Waals surface area contributed by atoms with E-state index in [1.807, 2.05) is 24.3 Å². The molecule has 0 unspecified atom stereocenters. The Balaban J connectivity index is 1.83. The van der Waals surface area contributed by atoms with Crippen molar-refractivity contribution in [1.29, 1.82) is 0 Å². The van der Waals surface area contributed by atoms with Gasteiger partial charge < -0.3 is 10.3 Å². The van der Waals surface area contributed by atoms with Gasteiger partial charge in [-0.15, -0.1) is 0 Å². The number of benzene rings is 1. The van der Waals surface area contributed by atoms with Gasteiger partial charge in [0.2, 0.25) is 11.7 Å². The fourth-order valence-corrected chi connectivity index (χ4v) is 2.62. The van der Waals surface area contributed by atoms with Crippen LogP contribution >= 0.6 is 15.9 Å². The molecule has 0 spiro atoms. The van der Waals surface area contributed by atoms with Crippen molar-refractivity contribution < 1.29 is 4.52 Å². The molecular weight excluding hydrogens is 294 g/mol. The van der Waals surface area contributed by atoms with Crippen molar-refractivity contribution in [2.45, 2.75) is 31.2 Å². The van der Waals surface area contributed by atoms with Crippen LogP contribution in [0.3, 0.4) is 0 Å². The van der Waals surface area contributed by atoms with E-state index in [4.69, 9.17) is 10.3 Å². The highest BCUT2D eigenvalue weighted by atomic mass is 79.9. The van der Waals surface area contributed by atoms with Crippen molar-refractivity contribution in [2.75, 3.05) is 0 Å². The standard InChI is InChI=1S/C13H14BrN3O/c14-10-4-1-8(2-5-10)12-16-13(18-17-12)9-3-6-11(15)7-9/h1-2,4-5,9,11H,3,6-7,15H2/t9-,11+/m1/s1. The molecule has 2 atom stereocenters. The zero-order valence-electron chi connectivity index (χ0n) is 9.84. The quantitative estimate of drug-likeness (QED) is 0.926. The Morgan fingerprint density at radius 3 is 2.67 bits per heavy atom. The van der Waals surface area contributed by atoms with Crippen molar-refractivity contribution in [1.82, 2.24) is 10.1 Å². The van der Waals surface area contributed by atoms with Crippen LogP contribution in [0.15, 0.2) is 33.3 Å². The molecule has 1 aromatic carbocycles. The van der Waals surface area contributed by atoms with Crippen LogP contribution in [0, 0.1) is 0 Å². The third-order valence-corrected chi connectivity index (χ3v) is 3.90. The molecule has 2 N–H and O–H groups in total. The Morgan fingerprint density at radius 1 is 1.22 bits per heavy atom. The van der Waals surface area contributed by atoms with Gasteiger partial charge in [-0.1, -0.05) is 21.1 Å². The van der Waals surface area contributed by atoms with Gasteiger partial charge >= 0.3 is 0 Å². The second kappa shape index (κ2) is 4.82. The molecule has 1 aliphatic carbocycles. The summed E-state index contributed by atoms with van der Waals surface area (Å²) in [6.07, 6.45) is 3.03. The molecule has 1 aromatic heterocycles. The minimum atomic E-state index is 0.276. The number of nitrogens with zero attached hydrogens (tertiary/aromatic N) is 2. The molecule has 18 heavy (non-hydrogen) atoms. The molecule has 1 saturated carbocycles. The lowest BCUT2D eigenvalue weighted by atomic mass is 10.1. The number of nitrogens with two attached hydrogens (primary N) is 1. The second-order valence-electron chi connectivity index (χ2n) is 4.73. The molecule has 1 aliphatic rings. The molecule has 0 radical (unpaired) electrons. The van der Waals surface area contributed by atoms with E-state index in [0.29, 0.717) is 11.7 Å². The molecule has 5 heteroatoms. The predicted octanol–water partition coefficient (Wildman–Crippen LogP) is 3.09. The first-order valence-electron chi connectivity index (χ1n) is 6.07. The molecule has 1 fully saturated rings. The monoisotopic (exact) mass is 307 g/mol. The maximum absolute atomic E-state index is 5.90. The molecule has 1 heterocycles. The largest absolute Gasteiger partial charge is 0.339 e. The third-order valence-electron chi connectivity index (χ3n) is 3.37. The van der Waals surface area contributed by atoms with Gasteiger partial charge in [-0.25, -0.2) is 0 Å². The molecule has 3 rings (SSSR count). The van der Waals surface area contributed by atoms with Gasteiger partial charge in [-0.05, 0) is 43.5 Å². The lowest BCUT2D eigenvalue weighted by Gasteiger charge is -2.01. The Morgan fingerprint density at radius 2 is 2.00 bits per heavy atom. The molecule has 0 aliphatic heterocycles. The average molecular weight is 308 g/mol. The van der Waals surface area contributed by atoms with E-state index in [9.17, 15) is 0 Å². The normalized spacial score (nSPS) is 23.4. The summed E-state index contributed by atoms with van der Waals surface area (Å²) in [5, 5.41) is 4.04. The fraction of sp³-hybridized carbons (Fsp3) is 0.385. The zero-order chi connectivity index (χ0) is 12.5. The van der Waals surface area contributed by atoms with E-state index in [-0.39, 0.29) is 6.04 Å². The molecule has 0 bridgehead atoms. The molecule has 4 nitrogen and oxygen atoms in total. The van der Waals surface area contributed by atoms with Crippen molar-refractivity contribution in [3.8, 4) is 11.4 Å². The van der Waals surface area contributed by atoms with Gasteiger partial charge in [0, 0.05) is 22.0 Å². The number of rotatable bonds is 2. The first-order valence-corrected chi connectivity index (χ1v) is 6.87. The predicted molar refractivity (Wildman–Crippen MR) is 72.0 cm³/mol. The molecule has 0 saturated heterocycles. The van der Waals surface area contributed by atoms with Gasteiger partial charge in [0.1, 0.15) is 0 Å². The van der Waals surface area contributed by atoms with Crippen molar-refractivity contribution in [2.24, 2.45) is 5.73 Å². The molecule has 2 aromatic rings. The zero-order valence-corrected chi connectivity index (χ0v) is 11.4. The molecule has 0 amide bonds. The lowest BCUT2D eigenvalue weighted by Crippen LogP contribution is -2.14. The van der Waals surface area contributed by atoms with Gasteiger partial charge in [0.05, 0.1) is 0 Å². The van der Waals surface area contributed by atoms with Gasteiger partial charge in [0.25, 0.3) is 0 Å². The summed E-state index contributed by atoms with van der Waals surface area (Å²) in [6.45, 7) is 0. The van der Waals surface area contributed by atoms with Crippen LogP contribution in [-0.4, -0.2) is 16.2 Å².